The molecule has 0 heterocycles. The van der Waals surface area contributed by atoms with Crippen LogP contribution in [0, 0.1) is 0 Å². The molecule has 6 heteroatoms. The van der Waals surface area contributed by atoms with Gasteiger partial charge in [0.05, 0.1) is 12.8 Å². The molecule has 2 rings (SSSR count). The van der Waals surface area contributed by atoms with Gasteiger partial charge in [-0.1, -0.05) is 24.3 Å². The van der Waals surface area contributed by atoms with Crippen molar-refractivity contribution in [2.24, 2.45) is 5.10 Å². The summed E-state index contributed by atoms with van der Waals surface area (Å²) in [5.74, 6) is 0.464. The van der Waals surface area contributed by atoms with Crippen LogP contribution in [0.4, 0.5) is 10.5 Å². The Morgan fingerprint density at radius 2 is 2.08 bits per heavy atom. The third kappa shape index (κ3) is 5.39. The van der Waals surface area contributed by atoms with Crippen molar-refractivity contribution in [2.75, 3.05) is 11.9 Å². The average Bonchev–Trinajstić information content (AvgIpc) is 2.60. The molecule has 25 heavy (non-hydrogen) atoms. The number of phenols is 1. The van der Waals surface area contributed by atoms with E-state index in [9.17, 15) is 9.90 Å². The Balaban J connectivity index is 2.06. The highest BCUT2D eigenvalue weighted by molar-refractivity contribution is 5.90. The fourth-order valence-corrected chi connectivity index (χ4v) is 2.19. The predicted octanol–water partition coefficient (Wildman–Crippen LogP) is 3.68. The third-order valence-electron chi connectivity index (χ3n) is 3.25. The van der Waals surface area contributed by atoms with Gasteiger partial charge in [-0.15, -0.1) is 6.58 Å². The van der Waals surface area contributed by atoms with E-state index in [0.717, 1.165) is 0 Å². The van der Waals surface area contributed by atoms with Gasteiger partial charge in [0, 0.05) is 11.3 Å². The van der Waals surface area contributed by atoms with Gasteiger partial charge in [-0.25, -0.2) is 10.2 Å². The van der Waals surface area contributed by atoms with Gasteiger partial charge in [-0.05, 0) is 43.2 Å². The van der Waals surface area contributed by atoms with E-state index < -0.39 is 6.03 Å². The number of nitrogens with one attached hydrogen (secondary N) is 2. The highest BCUT2D eigenvalue weighted by Gasteiger charge is 2.09. The standard InChI is InChI=1S/C19H21N3O3/c1-3-8-15-11-14(12-17(18(15)23)25-4-2)13-20-22-19(24)21-16-9-6-5-7-10-16/h3,5-7,9-13,23H,1,4,8H2,2H3,(H2,21,22,24)/b20-13+. The van der Waals surface area contributed by atoms with Gasteiger partial charge in [-0.2, -0.15) is 5.10 Å². The minimum Gasteiger partial charge on any atom is -0.504 e. The van der Waals surface area contributed by atoms with Crippen molar-refractivity contribution in [3.8, 4) is 11.5 Å². The van der Waals surface area contributed by atoms with Crippen LogP contribution in [0.1, 0.15) is 18.1 Å². The van der Waals surface area contributed by atoms with E-state index in [1.54, 1.807) is 30.3 Å². The lowest BCUT2D eigenvalue weighted by molar-refractivity contribution is 0.252. The van der Waals surface area contributed by atoms with E-state index in [0.29, 0.717) is 35.6 Å². The number of allylic oxidation sites excluding steroid dienone is 1. The quantitative estimate of drug-likeness (QED) is 0.409. The largest absolute Gasteiger partial charge is 0.504 e. The summed E-state index contributed by atoms with van der Waals surface area (Å²) < 4.78 is 5.43. The number of amides is 2. The number of hydrogen-bond acceptors (Lipinski definition) is 4. The topological polar surface area (TPSA) is 83.0 Å². The molecule has 0 aliphatic carbocycles. The van der Waals surface area contributed by atoms with Crippen molar-refractivity contribution in [2.45, 2.75) is 13.3 Å². The monoisotopic (exact) mass is 339 g/mol. The number of aromatic hydroxyl groups is 1. The van der Waals surface area contributed by atoms with Crippen LogP contribution < -0.4 is 15.5 Å². The van der Waals surface area contributed by atoms with Crippen LogP contribution in [0.15, 0.2) is 60.2 Å². The Kier molecular flexibility index (Phi) is 6.59. The van der Waals surface area contributed by atoms with Gasteiger partial charge in [0.2, 0.25) is 0 Å². The van der Waals surface area contributed by atoms with Gasteiger partial charge in [0.1, 0.15) is 0 Å². The number of phenolic OH excluding ortho intramolecular Hbond substituents is 1. The summed E-state index contributed by atoms with van der Waals surface area (Å²) >= 11 is 0. The van der Waals surface area contributed by atoms with E-state index in [4.69, 9.17) is 4.74 Å². The first kappa shape index (κ1) is 18.1. The third-order valence-corrected chi connectivity index (χ3v) is 3.25. The summed E-state index contributed by atoms with van der Waals surface area (Å²) in [6.07, 6.45) is 3.67. The number of hydrogen-bond donors (Lipinski definition) is 3. The molecule has 0 saturated carbocycles. The van der Waals surface area contributed by atoms with Crippen LogP contribution in [0.3, 0.4) is 0 Å². The summed E-state index contributed by atoms with van der Waals surface area (Å²) in [6.45, 7) is 5.94. The van der Waals surface area contributed by atoms with Crippen molar-refractivity contribution in [1.82, 2.24) is 5.43 Å². The molecular formula is C19H21N3O3. The second kappa shape index (κ2) is 9.12. The molecule has 0 fully saturated rings. The smallest absolute Gasteiger partial charge is 0.339 e. The summed E-state index contributed by atoms with van der Waals surface area (Å²) in [5.41, 5.74) is 4.44. The van der Waals surface area contributed by atoms with Crippen molar-refractivity contribution in [1.29, 1.82) is 0 Å². The molecule has 2 aromatic carbocycles. The van der Waals surface area contributed by atoms with Gasteiger partial charge in [-0.3, -0.25) is 0 Å². The van der Waals surface area contributed by atoms with E-state index in [2.05, 4.69) is 22.4 Å². The molecule has 6 nitrogen and oxygen atoms in total. The number of nitrogens with zero attached hydrogens (tertiary/aromatic N) is 1. The minimum atomic E-state index is -0.447. The Bertz CT molecular complexity index is 758. The zero-order chi connectivity index (χ0) is 18.1. The summed E-state index contributed by atoms with van der Waals surface area (Å²) in [4.78, 5) is 11.8. The lowest BCUT2D eigenvalue weighted by Gasteiger charge is -2.10. The summed E-state index contributed by atoms with van der Waals surface area (Å²) in [7, 11) is 0. The molecule has 0 aliphatic rings. The number of benzene rings is 2. The SMILES string of the molecule is C=CCc1cc(/C=N/NC(=O)Nc2ccccc2)cc(OCC)c1O. The fraction of sp³-hybridized carbons (Fsp3) is 0.158. The average molecular weight is 339 g/mol. The van der Waals surface area contributed by atoms with Crippen LogP contribution in [0.25, 0.3) is 0 Å². The van der Waals surface area contributed by atoms with Crippen LogP contribution in [-0.2, 0) is 6.42 Å². The number of rotatable bonds is 7. The van der Waals surface area contributed by atoms with E-state index in [-0.39, 0.29) is 5.75 Å². The molecule has 0 spiro atoms. The van der Waals surface area contributed by atoms with Crippen molar-refractivity contribution < 1.29 is 14.6 Å². The Morgan fingerprint density at radius 1 is 1.32 bits per heavy atom. The lowest BCUT2D eigenvalue weighted by atomic mass is 10.1. The van der Waals surface area contributed by atoms with Gasteiger partial charge in [0.15, 0.2) is 11.5 Å². The van der Waals surface area contributed by atoms with Crippen LogP contribution >= 0.6 is 0 Å². The number of hydrazone groups is 1. The number of carbonyl (C=O) groups excluding carboxylic acids is 1. The molecule has 0 saturated heterocycles. The molecule has 0 unspecified atom stereocenters. The zero-order valence-electron chi connectivity index (χ0n) is 14.0. The Labute approximate surface area is 146 Å². The number of para-hydroxylation sites is 1. The number of ether oxygens (including phenoxy) is 1. The minimum absolute atomic E-state index is 0.0914. The maximum absolute atomic E-state index is 11.8. The zero-order valence-corrected chi connectivity index (χ0v) is 14.0. The van der Waals surface area contributed by atoms with E-state index in [1.165, 1.54) is 6.21 Å². The molecule has 2 amide bonds. The Morgan fingerprint density at radius 3 is 2.76 bits per heavy atom. The maximum atomic E-state index is 11.8. The molecular weight excluding hydrogens is 318 g/mol. The van der Waals surface area contributed by atoms with Crippen molar-refractivity contribution in [3.05, 3.63) is 66.2 Å². The molecule has 0 radical (unpaired) electrons. The van der Waals surface area contributed by atoms with Crippen LogP contribution in [0.5, 0.6) is 11.5 Å². The summed E-state index contributed by atoms with van der Waals surface area (Å²) in [5, 5.41) is 16.7. The number of urea groups is 1. The van der Waals surface area contributed by atoms with Crippen LogP contribution in [0.2, 0.25) is 0 Å². The first-order valence-electron chi connectivity index (χ1n) is 7.88. The molecule has 3 N–H and O–H groups in total. The second-order valence-corrected chi connectivity index (χ2v) is 5.14. The van der Waals surface area contributed by atoms with Gasteiger partial charge >= 0.3 is 6.03 Å². The number of carbonyl (C=O) groups is 1. The second-order valence-electron chi connectivity index (χ2n) is 5.14. The van der Waals surface area contributed by atoms with E-state index in [1.807, 2.05) is 25.1 Å². The van der Waals surface area contributed by atoms with Gasteiger partial charge in [0.25, 0.3) is 0 Å². The molecule has 0 aromatic heterocycles. The van der Waals surface area contributed by atoms with Crippen molar-refractivity contribution in [3.63, 3.8) is 0 Å². The molecule has 130 valence electrons. The Hall–Kier alpha value is -3.28. The summed E-state index contributed by atoms with van der Waals surface area (Å²) in [6, 6.07) is 12.0. The normalized spacial score (nSPS) is 10.4. The molecule has 0 atom stereocenters. The predicted molar refractivity (Wildman–Crippen MR) is 99.4 cm³/mol. The number of anilines is 1. The molecule has 0 bridgehead atoms. The van der Waals surface area contributed by atoms with Gasteiger partial charge < -0.3 is 15.2 Å². The first-order valence-corrected chi connectivity index (χ1v) is 7.88. The molecule has 2 aromatic rings. The maximum Gasteiger partial charge on any atom is 0.339 e. The highest BCUT2D eigenvalue weighted by Crippen LogP contribution is 2.31. The lowest BCUT2D eigenvalue weighted by Crippen LogP contribution is -2.24. The fourth-order valence-electron chi connectivity index (χ4n) is 2.19. The molecule has 0 aliphatic heterocycles. The van der Waals surface area contributed by atoms with Crippen LogP contribution in [-0.4, -0.2) is 24.0 Å². The first-order chi connectivity index (χ1) is 12.1. The van der Waals surface area contributed by atoms with Crippen molar-refractivity contribution >= 4 is 17.9 Å². The highest BCUT2D eigenvalue weighted by atomic mass is 16.5. The van der Waals surface area contributed by atoms with E-state index >= 15 is 0 Å².